The van der Waals surface area contributed by atoms with Gasteiger partial charge in [0.25, 0.3) is 0 Å². The molecule has 110 valence electrons. The van der Waals surface area contributed by atoms with Crippen LogP contribution in [0.3, 0.4) is 0 Å². The lowest BCUT2D eigenvalue weighted by Gasteiger charge is -2.17. The summed E-state index contributed by atoms with van der Waals surface area (Å²) in [7, 11) is 0. The van der Waals surface area contributed by atoms with Gasteiger partial charge in [-0.2, -0.15) is 0 Å². The summed E-state index contributed by atoms with van der Waals surface area (Å²) >= 11 is 3.29. The van der Waals surface area contributed by atoms with Crippen LogP contribution < -0.4 is 9.46 Å². The minimum atomic E-state index is 0.0724. The van der Waals surface area contributed by atoms with E-state index in [-0.39, 0.29) is 5.54 Å². The third kappa shape index (κ3) is 4.36. The number of thiazole rings is 1. The molecule has 5 heteroatoms. The second-order valence-electron chi connectivity index (χ2n) is 5.74. The molecule has 0 amide bonds. The standard InChI is InChI=1S/C15H22N2OS2/c1-5-6-10-18-11-8-7-9-12-13(11)16-14(19-12)20-17-15(2,3)4/h7-9,17H,5-6,10H2,1-4H3. The van der Waals surface area contributed by atoms with Crippen molar-refractivity contribution in [1.82, 2.24) is 9.71 Å². The number of nitrogens with one attached hydrogen (secondary N) is 1. The number of rotatable bonds is 6. The molecule has 0 spiro atoms. The maximum absolute atomic E-state index is 5.83. The normalized spacial score (nSPS) is 12.0. The summed E-state index contributed by atoms with van der Waals surface area (Å²) in [4.78, 5) is 4.69. The Morgan fingerprint density at radius 1 is 1.35 bits per heavy atom. The van der Waals surface area contributed by atoms with E-state index in [4.69, 9.17) is 4.74 Å². The molecule has 1 N–H and O–H groups in total. The first-order chi connectivity index (χ1) is 9.49. The van der Waals surface area contributed by atoms with Gasteiger partial charge in [0.1, 0.15) is 11.3 Å². The highest BCUT2D eigenvalue weighted by atomic mass is 32.2. The second-order valence-corrected chi connectivity index (χ2v) is 7.82. The van der Waals surface area contributed by atoms with Crippen molar-refractivity contribution in [1.29, 1.82) is 0 Å². The lowest BCUT2D eigenvalue weighted by Crippen LogP contribution is -2.29. The van der Waals surface area contributed by atoms with E-state index < -0.39 is 0 Å². The van der Waals surface area contributed by atoms with Crippen molar-refractivity contribution in [2.75, 3.05) is 6.61 Å². The van der Waals surface area contributed by atoms with Crippen molar-refractivity contribution >= 4 is 33.5 Å². The smallest absolute Gasteiger partial charge is 0.166 e. The fraction of sp³-hybridized carbons (Fsp3) is 0.533. The zero-order chi connectivity index (χ0) is 14.6. The summed E-state index contributed by atoms with van der Waals surface area (Å²) in [6.45, 7) is 9.36. The molecule has 0 radical (unpaired) electrons. The van der Waals surface area contributed by atoms with E-state index in [1.165, 1.54) is 4.70 Å². The molecule has 0 unspecified atom stereocenters. The van der Waals surface area contributed by atoms with E-state index in [2.05, 4.69) is 43.5 Å². The summed E-state index contributed by atoms with van der Waals surface area (Å²) in [5, 5.41) is 0. The molecule has 1 heterocycles. The summed E-state index contributed by atoms with van der Waals surface area (Å²) in [6, 6.07) is 6.14. The molecule has 20 heavy (non-hydrogen) atoms. The fourth-order valence-electron chi connectivity index (χ4n) is 1.59. The zero-order valence-corrected chi connectivity index (χ0v) is 14.2. The number of aromatic nitrogens is 1. The van der Waals surface area contributed by atoms with Crippen LogP contribution in [-0.4, -0.2) is 17.1 Å². The SMILES string of the molecule is CCCCOc1cccc2sc(SNC(C)(C)C)nc12. The number of hydrogen-bond acceptors (Lipinski definition) is 5. The van der Waals surface area contributed by atoms with Crippen LogP contribution in [0.2, 0.25) is 0 Å². The Hall–Kier alpha value is -0.780. The number of fused-ring (bicyclic) bond motifs is 1. The first-order valence-electron chi connectivity index (χ1n) is 6.96. The minimum Gasteiger partial charge on any atom is -0.491 e. The first kappa shape index (κ1) is 15.6. The van der Waals surface area contributed by atoms with Gasteiger partial charge in [-0.25, -0.2) is 4.98 Å². The molecule has 0 aliphatic rings. The van der Waals surface area contributed by atoms with Gasteiger partial charge in [-0.1, -0.05) is 19.4 Å². The number of nitrogens with zero attached hydrogens (tertiary/aromatic N) is 1. The lowest BCUT2D eigenvalue weighted by atomic mass is 10.1. The topological polar surface area (TPSA) is 34.1 Å². The van der Waals surface area contributed by atoms with Crippen LogP contribution in [0.25, 0.3) is 10.2 Å². The van der Waals surface area contributed by atoms with Gasteiger partial charge in [-0.3, -0.25) is 4.72 Å². The van der Waals surface area contributed by atoms with Gasteiger partial charge in [0.05, 0.1) is 11.3 Å². The predicted octanol–water partition coefficient (Wildman–Crippen LogP) is 4.87. The molecule has 3 nitrogen and oxygen atoms in total. The zero-order valence-electron chi connectivity index (χ0n) is 12.5. The van der Waals surface area contributed by atoms with Crippen molar-refractivity contribution in [2.45, 2.75) is 50.4 Å². The third-order valence-electron chi connectivity index (χ3n) is 2.56. The number of benzene rings is 1. The van der Waals surface area contributed by atoms with Gasteiger partial charge in [0.2, 0.25) is 0 Å². The average Bonchev–Trinajstić information content (AvgIpc) is 2.80. The molecule has 1 aromatic carbocycles. The highest BCUT2D eigenvalue weighted by Crippen LogP contribution is 2.34. The van der Waals surface area contributed by atoms with E-state index in [1.54, 1.807) is 23.3 Å². The Morgan fingerprint density at radius 2 is 2.15 bits per heavy atom. The van der Waals surface area contributed by atoms with Crippen molar-refractivity contribution < 1.29 is 4.74 Å². The van der Waals surface area contributed by atoms with E-state index in [9.17, 15) is 0 Å². The summed E-state index contributed by atoms with van der Waals surface area (Å²) in [6.07, 6.45) is 2.22. The highest BCUT2D eigenvalue weighted by Gasteiger charge is 2.13. The Kier molecular flexibility index (Phi) is 5.29. The average molecular weight is 310 g/mol. The predicted molar refractivity (Wildman–Crippen MR) is 88.8 cm³/mol. The molecule has 0 atom stereocenters. The Morgan fingerprint density at radius 3 is 2.85 bits per heavy atom. The first-order valence-corrected chi connectivity index (χ1v) is 8.59. The monoisotopic (exact) mass is 310 g/mol. The van der Waals surface area contributed by atoms with Crippen molar-refractivity contribution in [3.8, 4) is 5.75 Å². The Labute approximate surface area is 129 Å². The van der Waals surface area contributed by atoms with Crippen LogP contribution in [-0.2, 0) is 0 Å². The van der Waals surface area contributed by atoms with Crippen LogP contribution in [0.15, 0.2) is 22.5 Å². The van der Waals surface area contributed by atoms with Crippen LogP contribution in [0.4, 0.5) is 0 Å². The molecule has 2 rings (SSSR count). The molecule has 0 saturated heterocycles. The number of hydrogen-bond donors (Lipinski definition) is 1. The van der Waals surface area contributed by atoms with Crippen LogP contribution in [0, 0.1) is 0 Å². The van der Waals surface area contributed by atoms with Crippen LogP contribution in [0.5, 0.6) is 5.75 Å². The summed E-state index contributed by atoms with van der Waals surface area (Å²) < 4.78 is 11.4. The third-order valence-corrected chi connectivity index (χ3v) is 4.86. The van der Waals surface area contributed by atoms with E-state index >= 15 is 0 Å². The second kappa shape index (κ2) is 6.78. The van der Waals surface area contributed by atoms with Gasteiger partial charge >= 0.3 is 0 Å². The molecule has 0 bridgehead atoms. The van der Waals surface area contributed by atoms with E-state index in [1.807, 2.05) is 12.1 Å². The lowest BCUT2D eigenvalue weighted by molar-refractivity contribution is 0.312. The quantitative estimate of drug-likeness (QED) is 0.609. The van der Waals surface area contributed by atoms with Gasteiger partial charge in [-0.15, -0.1) is 11.3 Å². The van der Waals surface area contributed by atoms with Gasteiger partial charge in [0, 0.05) is 5.54 Å². The Balaban J connectivity index is 2.14. The molecule has 2 aromatic rings. The molecule has 0 aliphatic carbocycles. The minimum absolute atomic E-state index is 0.0724. The van der Waals surface area contributed by atoms with Gasteiger partial charge < -0.3 is 4.74 Å². The molecular weight excluding hydrogens is 288 g/mol. The fourth-order valence-corrected chi connectivity index (χ4v) is 3.39. The maximum Gasteiger partial charge on any atom is 0.166 e. The van der Waals surface area contributed by atoms with E-state index in [0.29, 0.717) is 0 Å². The number of para-hydroxylation sites is 1. The summed E-state index contributed by atoms with van der Waals surface area (Å²) in [5.74, 6) is 0.898. The summed E-state index contributed by atoms with van der Waals surface area (Å²) in [5.41, 5.74) is 1.05. The highest BCUT2D eigenvalue weighted by molar-refractivity contribution is 7.99. The van der Waals surface area contributed by atoms with Crippen molar-refractivity contribution in [3.63, 3.8) is 0 Å². The van der Waals surface area contributed by atoms with Crippen LogP contribution in [0.1, 0.15) is 40.5 Å². The largest absolute Gasteiger partial charge is 0.491 e. The maximum atomic E-state index is 5.83. The van der Waals surface area contributed by atoms with E-state index in [0.717, 1.165) is 35.1 Å². The van der Waals surface area contributed by atoms with Gasteiger partial charge in [0.15, 0.2) is 4.34 Å². The van der Waals surface area contributed by atoms with Crippen molar-refractivity contribution in [3.05, 3.63) is 18.2 Å². The Bertz CT molecular complexity index is 560. The van der Waals surface area contributed by atoms with Crippen LogP contribution >= 0.6 is 23.3 Å². The molecular formula is C15H22N2OS2. The van der Waals surface area contributed by atoms with Crippen molar-refractivity contribution in [2.24, 2.45) is 0 Å². The van der Waals surface area contributed by atoms with Gasteiger partial charge in [-0.05, 0) is 51.3 Å². The number of ether oxygens (including phenoxy) is 1. The molecule has 0 fully saturated rings. The molecule has 1 aromatic heterocycles. The molecule has 0 aliphatic heterocycles. The molecule has 0 saturated carbocycles. The number of unbranched alkanes of at least 4 members (excludes halogenated alkanes) is 1.